The van der Waals surface area contributed by atoms with Gasteiger partial charge in [0.15, 0.2) is 0 Å². The Morgan fingerprint density at radius 1 is 1.12 bits per heavy atom. The molecule has 132 valence electrons. The quantitative estimate of drug-likeness (QED) is 0.891. The van der Waals surface area contributed by atoms with Crippen molar-refractivity contribution in [3.63, 3.8) is 0 Å². The molecular weight excluding hydrogens is 300 g/mol. The van der Waals surface area contributed by atoms with Gasteiger partial charge >= 0.3 is 6.03 Å². The van der Waals surface area contributed by atoms with E-state index in [0.717, 1.165) is 56.9 Å². The van der Waals surface area contributed by atoms with Crippen LogP contribution >= 0.6 is 0 Å². The van der Waals surface area contributed by atoms with Gasteiger partial charge in [0.1, 0.15) is 0 Å². The summed E-state index contributed by atoms with van der Waals surface area (Å²) in [5, 5.41) is 6.25. The van der Waals surface area contributed by atoms with Crippen LogP contribution in [0.4, 0.5) is 16.2 Å². The lowest BCUT2D eigenvalue weighted by atomic mass is 10.0. The van der Waals surface area contributed by atoms with Crippen LogP contribution in [-0.4, -0.2) is 49.2 Å². The van der Waals surface area contributed by atoms with Crippen LogP contribution < -0.4 is 15.5 Å². The second kappa shape index (κ2) is 7.43. The number of hydrogen-bond donors (Lipinski definition) is 2. The zero-order valence-corrected chi connectivity index (χ0v) is 15.0. The predicted octanol–water partition coefficient (Wildman–Crippen LogP) is 3.28. The van der Waals surface area contributed by atoms with E-state index in [9.17, 15) is 4.79 Å². The average molecular weight is 330 g/mol. The van der Waals surface area contributed by atoms with Crippen molar-refractivity contribution in [3.05, 3.63) is 24.3 Å². The number of nitrogens with zero attached hydrogens (tertiary/aromatic N) is 2. The molecule has 2 fully saturated rings. The molecule has 1 saturated heterocycles. The van der Waals surface area contributed by atoms with E-state index in [4.69, 9.17) is 0 Å². The molecule has 24 heavy (non-hydrogen) atoms. The minimum Gasteiger partial charge on any atom is -0.367 e. The Bertz CT molecular complexity index is 560. The molecule has 0 atom stereocenters. The number of urea groups is 1. The lowest BCUT2D eigenvalue weighted by Crippen LogP contribution is -2.47. The summed E-state index contributed by atoms with van der Waals surface area (Å²) in [6, 6.07) is 8.05. The van der Waals surface area contributed by atoms with Crippen molar-refractivity contribution >= 4 is 17.4 Å². The van der Waals surface area contributed by atoms with Gasteiger partial charge in [0.25, 0.3) is 0 Å². The molecule has 2 aliphatic rings. The second-order valence-electron chi connectivity index (χ2n) is 7.29. The first-order chi connectivity index (χ1) is 11.6. The molecule has 0 radical (unpaired) electrons. The topological polar surface area (TPSA) is 47.6 Å². The van der Waals surface area contributed by atoms with Crippen LogP contribution in [0, 0.1) is 0 Å². The third kappa shape index (κ3) is 4.01. The van der Waals surface area contributed by atoms with Crippen molar-refractivity contribution in [2.75, 3.05) is 42.9 Å². The van der Waals surface area contributed by atoms with E-state index < -0.39 is 0 Å². The normalized spacial score (nSPS) is 20.8. The third-order valence-electron chi connectivity index (χ3n) is 5.43. The molecule has 0 unspecified atom stereocenters. The first kappa shape index (κ1) is 17.1. The molecule has 1 saturated carbocycles. The maximum absolute atomic E-state index is 12.5. The van der Waals surface area contributed by atoms with Gasteiger partial charge in [0.2, 0.25) is 0 Å². The average Bonchev–Trinajstić information content (AvgIpc) is 3.01. The number of anilines is 2. The standard InChI is InChI=1S/C19H30N4O/c1-3-22-12-14-23(15-13-22)17-9-5-4-8-16(17)20-18(24)21-19(2)10-6-7-11-19/h4-5,8-9H,3,6-7,10-15H2,1-2H3,(H2,20,21,24). The van der Waals surface area contributed by atoms with Crippen LogP contribution in [0.5, 0.6) is 0 Å². The first-order valence-corrected chi connectivity index (χ1v) is 9.25. The number of rotatable bonds is 4. The lowest BCUT2D eigenvalue weighted by molar-refractivity contribution is 0.239. The number of benzene rings is 1. The first-order valence-electron chi connectivity index (χ1n) is 9.25. The van der Waals surface area contributed by atoms with Crippen LogP contribution in [0.15, 0.2) is 24.3 Å². The van der Waals surface area contributed by atoms with Crippen molar-refractivity contribution in [3.8, 4) is 0 Å². The van der Waals surface area contributed by atoms with Gasteiger partial charge in [-0.05, 0) is 38.4 Å². The summed E-state index contributed by atoms with van der Waals surface area (Å²) in [5.41, 5.74) is 1.98. The van der Waals surface area contributed by atoms with Gasteiger partial charge in [-0.15, -0.1) is 0 Å². The number of piperazine rings is 1. The highest BCUT2D eigenvalue weighted by atomic mass is 16.2. The number of carbonyl (C=O) groups excluding carboxylic acids is 1. The van der Waals surface area contributed by atoms with Crippen LogP contribution in [0.3, 0.4) is 0 Å². The summed E-state index contributed by atoms with van der Waals surface area (Å²) in [5.74, 6) is 0. The Morgan fingerprint density at radius 2 is 1.79 bits per heavy atom. The largest absolute Gasteiger partial charge is 0.367 e. The highest BCUT2D eigenvalue weighted by molar-refractivity contribution is 5.93. The summed E-state index contributed by atoms with van der Waals surface area (Å²) in [6.07, 6.45) is 4.55. The number of likely N-dealkylation sites (N-methyl/N-ethyl adjacent to an activating group) is 1. The van der Waals surface area contributed by atoms with Crippen molar-refractivity contribution in [2.45, 2.75) is 45.1 Å². The summed E-state index contributed by atoms with van der Waals surface area (Å²) < 4.78 is 0. The molecular formula is C19H30N4O. The van der Waals surface area contributed by atoms with E-state index in [1.54, 1.807) is 0 Å². The Labute approximate surface area is 145 Å². The Hall–Kier alpha value is -1.75. The predicted molar refractivity (Wildman–Crippen MR) is 99.8 cm³/mol. The molecule has 1 heterocycles. The summed E-state index contributed by atoms with van der Waals surface area (Å²) >= 11 is 0. The fourth-order valence-corrected chi connectivity index (χ4v) is 3.87. The molecule has 0 aromatic heterocycles. The van der Waals surface area contributed by atoms with Gasteiger partial charge in [-0.25, -0.2) is 4.79 Å². The number of para-hydroxylation sites is 2. The molecule has 5 heteroatoms. The molecule has 3 rings (SSSR count). The Kier molecular flexibility index (Phi) is 5.29. The van der Waals surface area contributed by atoms with Gasteiger partial charge < -0.3 is 20.4 Å². The maximum atomic E-state index is 12.5. The van der Waals surface area contributed by atoms with Crippen molar-refractivity contribution in [1.82, 2.24) is 10.2 Å². The Morgan fingerprint density at radius 3 is 2.46 bits per heavy atom. The summed E-state index contributed by atoms with van der Waals surface area (Å²) in [4.78, 5) is 17.3. The van der Waals surface area contributed by atoms with Gasteiger partial charge in [-0.1, -0.05) is 31.9 Å². The molecule has 1 aliphatic carbocycles. The molecule has 0 spiro atoms. The van der Waals surface area contributed by atoms with Gasteiger partial charge in [-0.3, -0.25) is 0 Å². The maximum Gasteiger partial charge on any atom is 0.319 e. The van der Waals surface area contributed by atoms with E-state index in [0.29, 0.717) is 0 Å². The lowest BCUT2D eigenvalue weighted by Gasteiger charge is -2.36. The van der Waals surface area contributed by atoms with Crippen LogP contribution in [0.25, 0.3) is 0 Å². The minimum atomic E-state index is -0.0842. The molecule has 1 aromatic rings. The highest BCUT2D eigenvalue weighted by Crippen LogP contribution is 2.30. The van der Waals surface area contributed by atoms with Crippen molar-refractivity contribution < 1.29 is 4.79 Å². The monoisotopic (exact) mass is 330 g/mol. The molecule has 0 bridgehead atoms. The van der Waals surface area contributed by atoms with Crippen LogP contribution in [-0.2, 0) is 0 Å². The molecule has 2 N–H and O–H groups in total. The molecule has 1 aliphatic heterocycles. The van der Waals surface area contributed by atoms with Crippen molar-refractivity contribution in [1.29, 1.82) is 0 Å². The van der Waals surface area contributed by atoms with Gasteiger partial charge in [0, 0.05) is 31.7 Å². The second-order valence-corrected chi connectivity index (χ2v) is 7.29. The number of amides is 2. The zero-order valence-electron chi connectivity index (χ0n) is 15.0. The summed E-state index contributed by atoms with van der Waals surface area (Å²) in [7, 11) is 0. The fourth-order valence-electron chi connectivity index (χ4n) is 3.87. The number of hydrogen-bond acceptors (Lipinski definition) is 3. The highest BCUT2D eigenvalue weighted by Gasteiger charge is 2.30. The minimum absolute atomic E-state index is 0.0498. The van der Waals surface area contributed by atoms with E-state index in [-0.39, 0.29) is 11.6 Å². The van der Waals surface area contributed by atoms with Crippen LogP contribution in [0.2, 0.25) is 0 Å². The zero-order chi connectivity index (χ0) is 17.0. The Balaban J connectivity index is 1.65. The van der Waals surface area contributed by atoms with E-state index in [1.165, 1.54) is 12.8 Å². The van der Waals surface area contributed by atoms with E-state index in [2.05, 4.69) is 40.3 Å². The molecule has 1 aromatic carbocycles. The van der Waals surface area contributed by atoms with Crippen molar-refractivity contribution in [2.24, 2.45) is 0 Å². The number of carbonyl (C=O) groups is 1. The number of nitrogens with one attached hydrogen (secondary N) is 2. The van der Waals surface area contributed by atoms with Gasteiger partial charge in [-0.2, -0.15) is 0 Å². The molecule has 5 nitrogen and oxygen atoms in total. The third-order valence-corrected chi connectivity index (χ3v) is 5.43. The fraction of sp³-hybridized carbons (Fsp3) is 0.632. The van der Waals surface area contributed by atoms with E-state index in [1.807, 2.05) is 18.2 Å². The van der Waals surface area contributed by atoms with E-state index >= 15 is 0 Å². The SMILES string of the molecule is CCN1CCN(c2ccccc2NC(=O)NC2(C)CCCC2)CC1. The smallest absolute Gasteiger partial charge is 0.319 e. The van der Waals surface area contributed by atoms with Gasteiger partial charge in [0.05, 0.1) is 11.4 Å². The van der Waals surface area contributed by atoms with Crippen LogP contribution in [0.1, 0.15) is 39.5 Å². The summed E-state index contributed by atoms with van der Waals surface area (Å²) in [6.45, 7) is 9.63. The molecule has 2 amide bonds.